The van der Waals surface area contributed by atoms with Crippen LogP contribution in [0.2, 0.25) is 0 Å². The summed E-state index contributed by atoms with van der Waals surface area (Å²) in [7, 11) is 0. The third-order valence-corrected chi connectivity index (χ3v) is 4.57. The van der Waals surface area contributed by atoms with E-state index in [1.54, 1.807) is 18.5 Å². The van der Waals surface area contributed by atoms with Crippen molar-refractivity contribution >= 4 is 22.8 Å². The van der Waals surface area contributed by atoms with Crippen LogP contribution < -0.4 is 5.32 Å². The van der Waals surface area contributed by atoms with Crippen LogP contribution in [0, 0.1) is 0 Å². The predicted octanol–water partition coefficient (Wildman–Crippen LogP) is 2.08. The highest BCUT2D eigenvalue weighted by atomic mass is 32.2. The number of rotatable bonds is 7. The molecule has 126 valence electrons. The molecule has 1 aliphatic heterocycles. The van der Waals surface area contributed by atoms with E-state index in [0.717, 1.165) is 25.2 Å². The number of esters is 1. The Morgan fingerprint density at radius 3 is 3.00 bits per heavy atom. The van der Waals surface area contributed by atoms with Crippen molar-refractivity contribution in [2.75, 3.05) is 19.7 Å². The summed E-state index contributed by atoms with van der Waals surface area (Å²) in [5.41, 5.74) is 2.04. The number of carbonyl (C=O) groups excluding carboxylic acids is 2. The molecule has 6 nitrogen and oxygen atoms in total. The number of aromatic nitrogens is 2. The Labute approximate surface area is 140 Å². The van der Waals surface area contributed by atoms with Gasteiger partial charge in [0.15, 0.2) is 5.12 Å². The van der Waals surface area contributed by atoms with E-state index >= 15 is 0 Å². The minimum atomic E-state index is -0.224. The summed E-state index contributed by atoms with van der Waals surface area (Å²) in [6.07, 6.45) is 5.30. The van der Waals surface area contributed by atoms with E-state index in [1.807, 2.05) is 12.3 Å². The third-order valence-electron chi connectivity index (χ3n) is 3.46. The fourth-order valence-corrected chi connectivity index (χ4v) is 3.35. The van der Waals surface area contributed by atoms with Gasteiger partial charge in [-0.05, 0) is 31.5 Å². The first-order valence-electron chi connectivity index (χ1n) is 7.86. The number of aryl methyl sites for hydroxylation is 1. The molecule has 1 aliphatic rings. The zero-order valence-corrected chi connectivity index (χ0v) is 14.4. The molecule has 1 unspecified atom stereocenters. The van der Waals surface area contributed by atoms with Crippen molar-refractivity contribution in [1.82, 2.24) is 15.1 Å². The Morgan fingerprint density at radius 1 is 1.52 bits per heavy atom. The largest absolute Gasteiger partial charge is 0.466 e. The van der Waals surface area contributed by atoms with E-state index in [0.29, 0.717) is 19.6 Å². The Kier molecular flexibility index (Phi) is 6.85. The molecule has 0 bridgehead atoms. The second kappa shape index (κ2) is 8.88. The van der Waals surface area contributed by atoms with E-state index in [9.17, 15) is 9.59 Å². The van der Waals surface area contributed by atoms with Gasteiger partial charge in [0.05, 0.1) is 30.5 Å². The maximum Gasteiger partial charge on any atom is 0.307 e. The lowest BCUT2D eigenvalue weighted by molar-refractivity contribution is -0.143. The zero-order valence-electron chi connectivity index (χ0n) is 13.6. The summed E-state index contributed by atoms with van der Waals surface area (Å²) in [5.74, 6) is -0.224. The van der Waals surface area contributed by atoms with Crippen molar-refractivity contribution in [1.29, 1.82) is 0 Å². The van der Waals surface area contributed by atoms with Gasteiger partial charge in [-0.25, -0.2) is 0 Å². The predicted molar refractivity (Wildman–Crippen MR) is 90.1 cm³/mol. The maximum absolute atomic E-state index is 11.6. The van der Waals surface area contributed by atoms with Crippen LogP contribution in [0.3, 0.4) is 0 Å². The molecule has 0 saturated carbocycles. The van der Waals surface area contributed by atoms with E-state index in [2.05, 4.69) is 16.5 Å². The van der Waals surface area contributed by atoms with Crippen LogP contribution in [0.1, 0.15) is 37.6 Å². The summed E-state index contributed by atoms with van der Waals surface area (Å²) >= 11 is 1.29. The fourth-order valence-electron chi connectivity index (χ4n) is 2.44. The van der Waals surface area contributed by atoms with E-state index in [-0.39, 0.29) is 16.3 Å². The summed E-state index contributed by atoms with van der Waals surface area (Å²) in [5, 5.41) is 7.87. The van der Waals surface area contributed by atoms with E-state index < -0.39 is 0 Å². The summed E-state index contributed by atoms with van der Waals surface area (Å²) in [4.78, 5) is 23.0. The lowest BCUT2D eigenvalue weighted by atomic mass is 10.1. The number of nitrogens with one attached hydrogen (secondary N) is 1. The monoisotopic (exact) mass is 337 g/mol. The SMILES string of the molecule is CCOC(=O)CCn1ccc(C(SC(C)=O)C2=CCCNC2)n1. The third kappa shape index (κ3) is 5.51. The molecule has 0 saturated heterocycles. The quantitative estimate of drug-likeness (QED) is 0.606. The maximum atomic E-state index is 11.6. The summed E-state index contributed by atoms with van der Waals surface area (Å²) < 4.78 is 6.65. The molecular formula is C16H23N3O3S. The molecule has 1 atom stereocenters. The Bertz CT molecular complexity index is 583. The Balaban J connectivity index is 2.05. The van der Waals surface area contributed by atoms with Crippen molar-refractivity contribution in [3.63, 3.8) is 0 Å². The first-order valence-corrected chi connectivity index (χ1v) is 8.74. The smallest absolute Gasteiger partial charge is 0.307 e. The molecule has 0 radical (unpaired) electrons. The Hall–Kier alpha value is -1.60. The van der Waals surface area contributed by atoms with Crippen molar-refractivity contribution in [2.45, 2.75) is 38.5 Å². The van der Waals surface area contributed by atoms with Gasteiger partial charge in [-0.3, -0.25) is 14.3 Å². The van der Waals surface area contributed by atoms with Gasteiger partial charge in [0.2, 0.25) is 0 Å². The lowest BCUT2D eigenvalue weighted by Gasteiger charge is -2.21. The van der Waals surface area contributed by atoms with Crippen LogP contribution in [0.25, 0.3) is 0 Å². The highest BCUT2D eigenvalue weighted by Gasteiger charge is 2.23. The van der Waals surface area contributed by atoms with Crippen LogP contribution in [0.4, 0.5) is 0 Å². The molecule has 0 amide bonds. The molecule has 7 heteroatoms. The molecule has 0 aromatic carbocycles. The second-order valence-corrected chi connectivity index (χ2v) is 6.57. The van der Waals surface area contributed by atoms with Crippen LogP contribution in [-0.2, 0) is 20.9 Å². The van der Waals surface area contributed by atoms with Gasteiger partial charge >= 0.3 is 5.97 Å². The lowest BCUT2D eigenvalue weighted by Crippen LogP contribution is -2.25. The number of hydrogen-bond donors (Lipinski definition) is 1. The van der Waals surface area contributed by atoms with Gasteiger partial charge < -0.3 is 10.1 Å². The minimum absolute atomic E-state index is 0.0656. The number of carbonyl (C=O) groups is 2. The van der Waals surface area contributed by atoms with Crippen LogP contribution in [0.5, 0.6) is 0 Å². The van der Waals surface area contributed by atoms with E-state index in [4.69, 9.17) is 4.74 Å². The molecule has 1 N–H and O–H groups in total. The molecule has 23 heavy (non-hydrogen) atoms. The normalized spacial score (nSPS) is 15.8. The molecular weight excluding hydrogens is 314 g/mol. The molecule has 2 heterocycles. The van der Waals surface area contributed by atoms with E-state index in [1.165, 1.54) is 17.3 Å². The number of thioether (sulfide) groups is 1. The average Bonchev–Trinajstić information content (AvgIpc) is 3.00. The molecule has 0 aliphatic carbocycles. The number of ether oxygens (including phenoxy) is 1. The van der Waals surface area contributed by atoms with Gasteiger partial charge in [0.25, 0.3) is 0 Å². The van der Waals surface area contributed by atoms with Crippen molar-refractivity contribution in [2.24, 2.45) is 0 Å². The number of nitrogens with zero attached hydrogens (tertiary/aromatic N) is 2. The highest BCUT2D eigenvalue weighted by molar-refractivity contribution is 8.13. The molecule has 0 fully saturated rings. The van der Waals surface area contributed by atoms with Gasteiger partial charge in [-0.15, -0.1) is 0 Å². The summed E-state index contributed by atoms with van der Waals surface area (Å²) in [6.45, 7) is 5.98. The van der Waals surface area contributed by atoms with Gasteiger partial charge in [0.1, 0.15) is 0 Å². The van der Waals surface area contributed by atoms with Crippen LogP contribution >= 0.6 is 11.8 Å². The summed E-state index contributed by atoms with van der Waals surface area (Å²) in [6, 6.07) is 1.92. The van der Waals surface area contributed by atoms with Crippen LogP contribution in [-0.4, -0.2) is 40.6 Å². The standard InChI is InChI=1S/C16H23N3O3S/c1-3-22-15(21)7-10-19-9-6-14(18-19)16(23-12(2)20)13-5-4-8-17-11-13/h5-6,9,16-17H,3-4,7-8,10-11H2,1-2H3. The van der Waals surface area contributed by atoms with Crippen molar-refractivity contribution < 1.29 is 14.3 Å². The molecule has 1 aromatic rings. The first kappa shape index (κ1) is 17.7. The molecule has 1 aromatic heterocycles. The Morgan fingerprint density at radius 2 is 2.35 bits per heavy atom. The highest BCUT2D eigenvalue weighted by Crippen LogP contribution is 2.35. The minimum Gasteiger partial charge on any atom is -0.466 e. The van der Waals surface area contributed by atoms with Gasteiger partial charge in [-0.1, -0.05) is 17.8 Å². The van der Waals surface area contributed by atoms with Crippen molar-refractivity contribution in [3.05, 3.63) is 29.6 Å². The molecule has 2 rings (SSSR count). The van der Waals surface area contributed by atoms with Crippen molar-refractivity contribution in [3.8, 4) is 0 Å². The average molecular weight is 337 g/mol. The zero-order chi connectivity index (χ0) is 16.7. The second-order valence-electron chi connectivity index (χ2n) is 5.29. The van der Waals surface area contributed by atoms with Gasteiger partial charge in [0, 0.05) is 19.7 Å². The first-order chi connectivity index (χ1) is 11.1. The molecule has 0 spiro atoms. The topological polar surface area (TPSA) is 73.2 Å². The number of hydrogen-bond acceptors (Lipinski definition) is 6. The van der Waals surface area contributed by atoms with Crippen LogP contribution in [0.15, 0.2) is 23.9 Å². The van der Waals surface area contributed by atoms with Gasteiger partial charge in [-0.2, -0.15) is 5.10 Å². The fraction of sp³-hybridized carbons (Fsp3) is 0.562.